The standard InChI is InChI=1S/C21H22F3N3O4S/c1-12(27-32(29,30)17-8-6-5-7-14(17)21(22,23)24)18(28)25-13-9-10-16-15(11-13)26-19(31-16)20(2,3)4/h5-12,27H,1-4H3,(H,25,28)/t12-/m0/s1. The third-order valence-corrected chi connectivity index (χ3v) is 6.10. The number of amides is 1. The van der Waals surface area contributed by atoms with Gasteiger partial charge in [-0.05, 0) is 37.3 Å². The van der Waals surface area contributed by atoms with Crippen LogP contribution in [0, 0.1) is 0 Å². The highest BCUT2D eigenvalue weighted by atomic mass is 32.2. The van der Waals surface area contributed by atoms with Crippen molar-refractivity contribution in [3.8, 4) is 0 Å². The molecule has 1 heterocycles. The molecule has 0 bridgehead atoms. The SMILES string of the molecule is C[C@H](NS(=O)(=O)c1ccccc1C(F)(F)F)C(=O)Nc1ccc2oc(C(C)(C)C)nc2c1. The summed E-state index contributed by atoms with van der Waals surface area (Å²) < 4.78 is 72.3. The van der Waals surface area contributed by atoms with E-state index in [0.717, 1.165) is 12.1 Å². The van der Waals surface area contributed by atoms with Gasteiger partial charge >= 0.3 is 6.18 Å². The van der Waals surface area contributed by atoms with Gasteiger partial charge in [-0.25, -0.2) is 13.4 Å². The van der Waals surface area contributed by atoms with Gasteiger partial charge in [-0.1, -0.05) is 32.9 Å². The maximum atomic E-state index is 13.2. The summed E-state index contributed by atoms with van der Waals surface area (Å²) in [6, 6.07) is 7.14. The van der Waals surface area contributed by atoms with Crippen LogP contribution in [-0.4, -0.2) is 25.4 Å². The zero-order valence-electron chi connectivity index (χ0n) is 17.7. The van der Waals surface area contributed by atoms with Crippen LogP contribution in [0.2, 0.25) is 0 Å². The first-order chi connectivity index (χ1) is 14.7. The number of benzene rings is 2. The number of fused-ring (bicyclic) bond motifs is 1. The number of carbonyl (C=O) groups is 1. The van der Waals surface area contributed by atoms with Crippen LogP contribution < -0.4 is 10.0 Å². The number of nitrogens with zero attached hydrogens (tertiary/aromatic N) is 1. The topological polar surface area (TPSA) is 101 Å². The third-order valence-electron chi connectivity index (χ3n) is 4.50. The zero-order valence-corrected chi connectivity index (χ0v) is 18.6. The van der Waals surface area contributed by atoms with E-state index in [1.54, 1.807) is 18.2 Å². The first-order valence-corrected chi connectivity index (χ1v) is 11.1. The first-order valence-electron chi connectivity index (χ1n) is 9.59. The van der Waals surface area contributed by atoms with E-state index in [9.17, 15) is 26.4 Å². The van der Waals surface area contributed by atoms with Crippen molar-refractivity contribution < 1.29 is 30.8 Å². The predicted molar refractivity (Wildman–Crippen MR) is 113 cm³/mol. The van der Waals surface area contributed by atoms with E-state index in [4.69, 9.17) is 4.42 Å². The van der Waals surface area contributed by atoms with Gasteiger partial charge in [-0.15, -0.1) is 0 Å². The van der Waals surface area contributed by atoms with Crippen LogP contribution >= 0.6 is 0 Å². The Morgan fingerprint density at radius 3 is 2.38 bits per heavy atom. The minimum Gasteiger partial charge on any atom is -0.440 e. The predicted octanol–water partition coefficient (Wildman–Crippen LogP) is 4.45. The van der Waals surface area contributed by atoms with Gasteiger partial charge in [0.2, 0.25) is 21.8 Å². The smallest absolute Gasteiger partial charge is 0.417 e. The fourth-order valence-corrected chi connectivity index (χ4v) is 4.29. The van der Waals surface area contributed by atoms with E-state index in [0.29, 0.717) is 28.7 Å². The van der Waals surface area contributed by atoms with Crippen LogP contribution in [0.5, 0.6) is 0 Å². The number of sulfonamides is 1. The molecule has 7 nitrogen and oxygen atoms in total. The summed E-state index contributed by atoms with van der Waals surface area (Å²) in [7, 11) is -4.62. The summed E-state index contributed by atoms with van der Waals surface area (Å²) in [5.41, 5.74) is -0.281. The Labute approximate surface area is 183 Å². The summed E-state index contributed by atoms with van der Waals surface area (Å²) in [5.74, 6) is -0.239. The number of rotatable bonds is 5. The molecule has 0 aliphatic carbocycles. The Kier molecular flexibility index (Phi) is 6.09. The lowest BCUT2D eigenvalue weighted by molar-refractivity contribution is -0.139. The van der Waals surface area contributed by atoms with Crippen molar-refractivity contribution in [1.82, 2.24) is 9.71 Å². The van der Waals surface area contributed by atoms with Crippen LogP contribution in [-0.2, 0) is 26.4 Å². The third kappa shape index (κ3) is 5.10. The molecule has 32 heavy (non-hydrogen) atoms. The monoisotopic (exact) mass is 469 g/mol. The van der Waals surface area contributed by atoms with Gasteiger partial charge in [-0.2, -0.15) is 17.9 Å². The minimum atomic E-state index is -4.87. The van der Waals surface area contributed by atoms with Crippen molar-refractivity contribution in [1.29, 1.82) is 0 Å². The molecule has 0 fully saturated rings. The molecule has 1 atom stereocenters. The van der Waals surface area contributed by atoms with Gasteiger partial charge in [0, 0.05) is 11.1 Å². The second kappa shape index (κ2) is 8.21. The number of hydrogen-bond acceptors (Lipinski definition) is 5. The van der Waals surface area contributed by atoms with Gasteiger partial charge < -0.3 is 9.73 Å². The number of hydrogen-bond donors (Lipinski definition) is 2. The molecule has 1 aromatic heterocycles. The van der Waals surface area contributed by atoms with Crippen molar-refractivity contribution >= 4 is 32.7 Å². The summed E-state index contributed by atoms with van der Waals surface area (Å²) >= 11 is 0. The molecule has 0 spiro atoms. The van der Waals surface area contributed by atoms with Crippen LogP contribution in [0.15, 0.2) is 51.8 Å². The largest absolute Gasteiger partial charge is 0.440 e. The van der Waals surface area contributed by atoms with E-state index in [1.165, 1.54) is 13.0 Å². The molecule has 2 N–H and O–H groups in total. The molecule has 1 amide bonds. The molecule has 172 valence electrons. The summed E-state index contributed by atoms with van der Waals surface area (Å²) in [4.78, 5) is 15.9. The van der Waals surface area contributed by atoms with E-state index < -0.39 is 38.6 Å². The average Bonchev–Trinajstić information content (AvgIpc) is 3.11. The number of nitrogens with one attached hydrogen (secondary N) is 2. The quantitative estimate of drug-likeness (QED) is 0.575. The van der Waals surface area contributed by atoms with Gasteiger partial charge in [0.1, 0.15) is 5.52 Å². The Balaban J connectivity index is 1.78. The molecular formula is C21H22F3N3O4S. The van der Waals surface area contributed by atoms with Gasteiger partial charge in [0.15, 0.2) is 5.58 Å². The van der Waals surface area contributed by atoms with Crippen molar-refractivity contribution in [3.63, 3.8) is 0 Å². The lowest BCUT2D eigenvalue weighted by atomic mass is 9.97. The highest BCUT2D eigenvalue weighted by molar-refractivity contribution is 7.89. The number of anilines is 1. The lowest BCUT2D eigenvalue weighted by Gasteiger charge is -2.17. The highest BCUT2D eigenvalue weighted by Crippen LogP contribution is 2.34. The van der Waals surface area contributed by atoms with Crippen LogP contribution in [0.1, 0.15) is 39.1 Å². The number of aromatic nitrogens is 1. The molecule has 0 saturated heterocycles. The minimum absolute atomic E-state index is 0.318. The Bertz CT molecular complexity index is 1260. The molecule has 11 heteroatoms. The van der Waals surface area contributed by atoms with Crippen LogP contribution in [0.25, 0.3) is 11.1 Å². The van der Waals surface area contributed by atoms with Crippen molar-refractivity contribution in [2.75, 3.05) is 5.32 Å². The maximum absolute atomic E-state index is 13.2. The van der Waals surface area contributed by atoms with E-state index >= 15 is 0 Å². The molecule has 0 aliphatic rings. The lowest BCUT2D eigenvalue weighted by Crippen LogP contribution is -2.42. The summed E-state index contributed by atoms with van der Waals surface area (Å²) in [6.45, 7) is 7.04. The van der Waals surface area contributed by atoms with Crippen molar-refractivity contribution in [3.05, 3.63) is 53.9 Å². The average molecular weight is 469 g/mol. The van der Waals surface area contributed by atoms with Crippen molar-refractivity contribution in [2.45, 2.75) is 50.2 Å². The van der Waals surface area contributed by atoms with E-state index in [-0.39, 0.29) is 5.41 Å². The fourth-order valence-electron chi connectivity index (χ4n) is 2.86. The zero-order chi connectivity index (χ0) is 23.9. The van der Waals surface area contributed by atoms with E-state index in [2.05, 4.69) is 10.3 Å². The number of carbonyl (C=O) groups excluding carboxylic acids is 1. The van der Waals surface area contributed by atoms with Crippen LogP contribution in [0.4, 0.5) is 18.9 Å². The molecule has 3 aromatic rings. The second-order valence-corrected chi connectivity index (χ2v) is 9.96. The molecule has 0 saturated carbocycles. The van der Waals surface area contributed by atoms with E-state index in [1.807, 2.05) is 25.5 Å². The Morgan fingerprint density at radius 2 is 1.75 bits per heavy atom. The molecular weight excluding hydrogens is 447 g/mol. The normalized spacial score (nSPS) is 13.8. The van der Waals surface area contributed by atoms with Crippen molar-refractivity contribution in [2.24, 2.45) is 0 Å². The van der Waals surface area contributed by atoms with Crippen LogP contribution in [0.3, 0.4) is 0 Å². The van der Waals surface area contributed by atoms with Gasteiger partial charge in [-0.3, -0.25) is 4.79 Å². The highest BCUT2D eigenvalue weighted by Gasteiger charge is 2.37. The molecule has 0 radical (unpaired) electrons. The van der Waals surface area contributed by atoms with Gasteiger partial charge in [0.25, 0.3) is 0 Å². The van der Waals surface area contributed by atoms with Gasteiger partial charge in [0.05, 0.1) is 16.5 Å². The molecule has 0 aliphatic heterocycles. The number of oxazole rings is 1. The Morgan fingerprint density at radius 1 is 1.09 bits per heavy atom. The summed E-state index contributed by atoms with van der Waals surface area (Å²) in [5, 5.41) is 2.53. The molecule has 2 aromatic carbocycles. The first kappa shape index (κ1) is 23.7. The maximum Gasteiger partial charge on any atom is 0.417 e. The number of alkyl halides is 3. The second-order valence-electron chi connectivity index (χ2n) is 8.28. The Hall–Kier alpha value is -2.92. The number of halogens is 3. The summed E-state index contributed by atoms with van der Waals surface area (Å²) in [6.07, 6.45) is -4.87. The fraction of sp³-hybridized carbons (Fsp3) is 0.333. The molecule has 0 unspecified atom stereocenters. The molecule has 3 rings (SSSR count).